The van der Waals surface area contributed by atoms with Crippen molar-refractivity contribution >= 4 is 11.8 Å². The van der Waals surface area contributed by atoms with Crippen molar-refractivity contribution < 1.29 is 14.3 Å². The second-order valence-electron chi connectivity index (χ2n) is 6.20. The van der Waals surface area contributed by atoms with Gasteiger partial charge in [0.1, 0.15) is 18.0 Å². The minimum absolute atomic E-state index is 0.0140. The Hall–Kier alpha value is -1.12. The molecule has 108 valence electrons. The smallest absolute Gasteiger partial charge is 0.318 e. The van der Waals surface area contributed by atoms with Crippen LogP contribution in [0.2, 0.25) is 0 Å². The third-order valence-electron chi connectivity index (χ3n) is 3.44. The lowest BCUT2D eigenvalue weighted by Crippen LogP contribution is -2.20. The normalized spacial score (nSPS) is 15.8. The highest BCUT2D eigenvalue weighted by atomic mass is 16.5. The van der Waals surface area contributed by atoms with Gasteiger partial charge in [-0.1, -0.05) is 27.2 Å². The molecule has 0 aromatic carbocycles. The fourth-order valence-electron chi connectivity index (χ4n) is 2.61. The van der Waals surface area contributed by atoms with Gasteiger partial charge in [-0.25, -0.2) is 0 Å². The maximum Gasteiger partial charge on any atom is 0.318 e. The number of Topliss-reactive ketones (excluding diaryl/α,β-unsaturated/α-hetero) is 1. The van der Waals surface area contributed by atoms with E-state index >= 15 is 0 Å². The van der Waals surface area contributed by atoms with Crippen LogP contribution in [0.15, 0.2) is 11.8 Å². The maximum absolute atomic E-state index is 11.9. The molecule has 1 aliphatic carbocycles. The lowest BCUT2D eigenvalue weighted by Gasteiger charge is -2.22. The number of hydrogen-bond donors (Lipinski definition) is 0. The lowest BCUT2D eigenvalue weighted by atomic mass is 9.82. The summed E-state index contributed by atoms with van der Waals surface area (Å²) in [6, 6.07) is 0. The average Bonchev–Trinajstić information content (AvgIpc) is 2.28. The average molecular weight is 266 g/mol. The van der Waals surface area contributed by atoms with E-state index in [0.29, 0.717) is 6.42 Å². The molecule has 0 aliphatic heterocycles. The van der Waals surface area contributed by atoms with Crippen LogP contribution in [0.3, 0.4) is 0 Å². The Morgan fingerprint density at radius 1 is 1.32 bits per heavy atom. The molecule has 0 radical (unpaired) electrons. The summed E-state index contributed by atoms with van der Waals surface area (Å²) in [5.41, 5.74) is -0.0176. The van der Waals surface area contributed by atoms with Gasteiger partial charge in [-0.05, 0) is 37.2 Å². The molecule has 0 fully saturated rings. The van der Waals surface area contributed by atoms with E-state index in [2.05, 4.69) is 20.8 Å². The van der Waals surface area contributed by atoms with E-state index in [9.17, 15) is 9.59 Å². The Morgan fingerprint density at radius 3 is 2.63 bits per heavy atom. The molecule has 0 spiro atoms. The summed E-state index contributed by atoms with van der Waals surface area (Å²) in [4.78, 5) is 23.5. The summed E-state index contributed by atoms with van der Waals surface area (Å²) in [7, 11) is 0. The first-order chi connectivity index (χ1) is 8.93. The first-order valence-corrected chi connectivity index (χ1v) is 7.34. The molecule has 0 unspecified atom stereocenters. The van der Waals surface area contributed by atoms with Crippen LogP contribution in [0.5, 0.6) is 0 Å². The molecular formula is C16H26O3. The SMILES string of the molecule is CCCC(C)(C)CC(=O)CC(=O)OC1=CCCCC1. The zero-order valence-electron chi connectivity index (χ0n) is 12.5. The van der Waals surface area contributed by atoms with E-state index < -0.39 is 5.97 Å². The van der Waals surface area contributed by atoms with Gasteiger partial charge in [-0.15, -0.1) is 0 Å². The predicted molar refractivity (Wildman–Crippen MR) is 75.6 cm³/mol. The molecule has 0 N–H and O–H groups in total. The van der Waals surface area contributed by atoms with Crippen LogP contribution in [0.4, 0.5) is 0 Å². The molecule has 3 heteroatoms. The van der Waals surface area contributed by atoms with Gasteiger partial charge < -0.3 is 4.74 Å². The van der Waals surface area contributed by atoms with Crippen LogP contribution in [0, 0.1) is 5.41 Å². The first kappa shape index (κ1) is 15.9. The Kier molecular flexibility index (Phi) is 6.26. The summed E-state index contributed by atoms with van der Waals surface area (Å²) < 4.78 is 5.24. The molecule has 0 atom stereocenters. The van der Waals surface area contributed by atoms with Crippen molar-refractivity contribution in [3.8, 4) is 0 Å². The highest BCUT2D eigenvalue weighted by molar-refractivity contribution is 5.96. The molecule has 0 aromatic rings. The van der Waals surface area contributed by atoms with Gasteiger partial charge in [-0.2, -0.15) is 0 Å². The van der Waals surface area contributed by atoms with Crippen LogP contribution in [-0.4, -0.2) is 11.8 Å². The summed E-state index contributed by atoms with van der Waals surface area (Å²) >= 11 is 0. The van der Waals surface area contributed by atoms with Crippen molar-refractivity contribution in [2.45, 2.75) is 72.1 Å². The van der Waals surface area contributed by atoms with E-state index in [0.717, 1.165) is 44.3 Å². The van der Waals surface area contributed by atoms with Crippen LogP contribution >= 0.6 is 0 Å². The molecule has 3 nitrogen and oxygen atoms in total. The zero-order chi connectivity index (χ0) is 14.3. The molecule has 19 heavy (non-hydrogen) atoms. The molecular weight excluding hydrogens is 240 g/mol. The number of ketones is 1. The fraction of sp³-hybridized carbons (Fsp3) is 0.750. The standard InChI is InChI=1S/C16H26O3/c1-4-10-16(2,3)12-13(17)11-15(18)19-14-8-6-5-7-9-14/h8H,4-7,9-12H2,1-3H3. The summed E-state index contributed by atoms with van der Waals surface area (Å²) in [5.74, 6) is 0.335. The fourth-order valence-corrected chi connectivity index (χ4v) is 2.61. The molecule has 0 bridgehead atoms. The topological polar surface area (TPSA) is 43.4 Å². The van der Waals surface area contributed by atoms with Gasteiger partial charge in [-0.3, -0.25) is 9.59 Å². The van der Waals surface area contributed by atoms with Crippen LogP contribution < -0.4 is 0 Å². The van der Waals surface area contributed by atoms with Crippen molar-refractivity contribution in [1.29, 1.82) is 0 Å². The zero-order valence-corrected chi connectivity index (χ0v) is 12.5. The maximum atomic E-state index is 11.9. The Morgan fingerprint density at radius 2 is 2.05 bits per heavy atom. The molecule has 0 saturated carbocycles. The summed E-state index contributed by atoms with van der Waals surface area (Å²) in [6.07, 6.45) is 8.39. The molecule has 0 aromatic heterocycles. The number of rotatable bonds is 7. The summed E-state index contributed by atoms with van der Waals surface area (Å²) in [5, 5.41) is 0. The second-order valence-corrected chi connectivity index (χ2v) is 6.20. The number of allylic oxidation sites excluding steroid dienone is 2. The van der Waals surface area contributed by atoms with E-state index in [-0.39, 0.29) is 17.6 Å². The van der Waals surface area contributed by atoms with Gasteiger partial charge >= 0.3 is 5.97 Å². The predicted octanol–water partition coefficient (Wildman–Crippen LogP) is 4.16. The van der Waals surface area contributed by atoms with Gasteiger partial charge in [0.25, 0.3) is 0 Å². The van der Waals surface area contributed by atoms with Crippen molar-refractivity contribution in [1.82, 2.24) is 0 Å². The summed E-state index contributed by atoms with van der Waals surface area (Å²) in [6.45, 7) is 6.25. The minimum atomic E-state index is -0.398. The van der Waals surface area contributed by atoms with Crippen LogP contribution in [0.25, 0.3) is 0 Å². The molecule has 1 aliphatic rings. The van der Waals surface area contributed by atoms with Crippen molar-refractivity contribution in [2.24, 2.45) is 5.41 Å². The highest BCUT2D eigenvalue weighted by Crippen LogP contribution is 2.27. The number of ether oxygens (including phenoxy) is 1. The Labute approximate surface area is 116 Å². The number of carbonyl (C=O) groups is 2. The molecule has 1 rings (SSSR count). The molecule has 0 amide bonds. The Bertz CT molecular complexity index is 353. The van der Waals surface area contributed by atoms with E-state index in [1.54, 1.807) is 0 Å². The number of carbonyl (C=O) groups excluding carboxylic acids is 2. The van der Waals surface area contributed by atoms with Crippen LogP contribution in [-0.2, 0) is 14.3 Å². The van der Waals surface area contributed by atoms with Crippen molar-refractivity contribution in [3.05, 3.63) is 11.8 Å². The quantitative estimate of drug-likeness (QED) is 0.513. The largest absolute Gasteiger partial charge is 0.431 e. The molecule has 0 heterocycles. The first-order valence-electron chi connectivity index (χ1n) is 7.34. The Balaban J connectivity index is 2.35. The van der Waals surface area contributed by atoms with Gasteiger partial charge in [0.15, 0.2) is 0 Å². The minimum Gasteiger partial charge on any atom is -0.431 e. The lowest BCUT2D eigenvalue weighted by molar-refractivity contribution is -0.143. The van der Waals surface area contributed by atoms with Crippen molar-refractivity contribution in [2.75, 3.05) is 0 Å². The van der Waals surface area contributed by atoms with E-state index in [1.165, 1.54) is 0 Å². The monoisotopic (exact) mass is 266 g/mol. The third-order valence-corrected chi connectivity index (χ3v) is 3.44. The number of hydrogen-bond acceptors (Lipinski definition) is 3. The van der Waals surface area contributed by atoms with Crippen molar-refractivity contribution in [3.63, 3.8) is 0 Å². The van der Waals surface area contributed by atoms with Gasteiger partial charge in [0.05, 0.1) is 0 Å². The number of esters is 1. The van der Waals surface area contributed by atoms with Gasteiger partial charge in [0, 0.05) is 12.8 Å². The van der Waals surface area contributed by atoms with Gasteiger partial charge in [0.2, 0.25) is 0 Å². The molecule has 0 saturated heterocycles. The van der Waals surface area contributed by atoms with E-state index in [4.69, 9.17) is 4.74 Å². The van der Waals surface area contributed by atoms with E-state index in [1.807, 2.05) is 6.08 Å². The third kappa shape index (κ3) is 6.55. The van der Waals surface area contributed by atoms with Crippen LogP contribution in [0.1, 0.15) is 72.1 Å². The highest BCUT2D eigenvalue weighted by Gasteiger charge is 2.23. The second kappa shape index (κ2) is 7.46.